The highest BCUT2D eigenvalue weighted by Crippen LogP contribution is 2.51. The molecule has 2 fully saturated rings. The van der Waals surface area contributed by atoms with Gasteiger partial charge in [0.15, 0.2) is 0 Å². The highest BCUT2D eigenvalue weighted by molar-refractivity contribution is 14.1. The second-order valence-corrected chi connectivity index (χ2v) is 11.4. The Morgan fingerprint density at radius 2 is 2.00 bits per heavy atom. The average molecular weight is 592 g/mol. The Kier molecular flexibility index (Phi) is 10.5. The number of esters is 1. The highest BCUT2D eigenvalue weighted by atomic mass is 127. The minimum absolute atomic E-state index is 0.0439. The molecule has 33 heavy (non-hydrogen) atoms. The van der Waals surface area contributed by atoms with E-state index in [9.17, 15) is 23.1 Å². The Bertz CT molecular complexity index is 673. The maximum Gasteiger partial charge on any atom is 0.397 e. The summed E-state index contributed by atoms with van der Waals surface area (Å²) in [7, 11) is 1.33. The number of methoxy groups -OCH3 is 1. The van der Waals surface area contributed by atoms with Gasteiger partial charge in [0.05, 0.1) is 24.7 Å². The molecule has 9 atom stereocenters. The Hall–Kier alpha value is -0.420. The largest absolute Gasteiger partial charge is 0.469 e. The third-order valence-corrected chi connectivity index (χ3v) is 8.79. The molecule has 4 nitrogen and oxygen atoms in total. The number of allylic oxidation sites excluding steroid dienone is 1. The van der Waals surface area contributed by atoms with Crippen LogP contribution in [0.4, 0.5) is 17.6 Å². The maximum absolute atomic E-state index is 15.5. The number of hydrogen-bond acceptors (Lipinski definition) is 4. The van der Waals surface area contributed by atoms with Crippen molar-refractivity contribution in [1.29, 1.82) is 0 Å². The first kappa shape index (κ1) is 28.8. The summed E-state index contributed by atoms with van der Waals surface area (Å²) < 4.78 is 67.3. The summed E-state index contributed by atoms with van der Waals surface area (Å²) in [6.07, 6.45) is -2.70. The standard InChI is InChI=1S/C24H37F4IO4/c1-5-6-12-23(3,24(26,27)28)18(30)11-10-15-14(2)13-17-20(15)21(25)22(33-17)16(29)8-7-9-19(31)32-4/h10-11,14-18,20-22,30H,5-9,12-13H2,1-4H3/b11-10+/t14-,15+,16?,17-,18-,20-,21?,22+,23?/m1/s1. The SMILES string of the molecule is CCCCC(C)([C@H](O)/C=C/[C@@H]1[C@H]2C(F)[C@H](C(I)CCCC(=O)OC)O[C@@H]2C[C@H]1C)C(F)(F)F. The summed E-state index contributed by atoms with van der Waals surface area (Å²) in [4.78, 5) is 11.3. The Morgan fingerprint density at radius 1 is 1.33 bits per heavy atom. The molecular weight excluding hydrogens is 555 g/mol. The van der Waals surface area contributed by atoms with E-state index in [-0.39, 0.29) is 40.7 Å². The van der Waals surface area contributed by atoms with Gasteiger partial charge >= 0.3 is 12.1 Å². The van der Waals surface area contributed by atoms with Crippen molar-refractivity contribution in [3.8, 4) is 0 Å². The molecule has 0 aromatic heterocycles. The minimum atomic E-state index is -4.54. The Balaban J connectivity index is 2.07. The number of ether oxygens (including phenoxy) is 2. The molecule has 0 bridgehead atoms. The van der Waals surface area contributed by atoms with Crippen molar-refractivity contribution in [2.24, 2.45) is 23.2 Å². The fourth-order valence-corrected chi connectivity index (χ4v) is 6.13. The van der Waals surface area contributed by atoms with Crippen LogP contribution in [0.2, 0.25) is 0 Å². The molecular formula is C24H37F4IO4. The van der Waals surface area contributed by atoms with Crippen LogP contribution in [0, 0.1) is 23.2 Å². The van der Waals surface area contributed by atoms with Gasteiger partial charge in [-0.05, 0) is 44.4 Å². The Morgan fingerprint density at radius 3 is 2.58 bits per heavy atom. The number of alkyl halides is 5. The van der Waals surface area contributed by atoms with Crippen molar-refractivity contribution in [2.75, 3.05) is 7.11 Å². The fourth-order valence-electron chi connectivity index (χ4n) is 5.13. The Labute approximate surface area is 208 Å². The predicted octanol–water partition coefficient (Wildman–Crippen LogP) is 6.19. The molecule has 1 aliphatic carbocycles. The molecule has 3 unspecified atom stereocenters. The molecule has 9 heteroatoms. The smallest absolute Gasteiger partial charge is 0.397 e. The summed E-state index contributed by atoms with van der Waals surface area (Å²) in [5, 5.41) is 10.5. The first-order valence-electron chi connectivity index (χ1n) is 11.8. The van der Waals surface area contributed by atoms with Gasteiger partial charge in [0.2, 0.25) is 0 Å². The zero-order valence-corrected chi connectivity index (χ0v) is 21.9. The lowest BCUT2D eigenvalue weighted by Crippen LogP contribution is -2.44. The van der Waals surface area contributed by atoms with Crippen LogP contribution in [0.15, 0.2) is 12.2 Å². The second-order valence-electron chi connectivity index (χ2n) is 9.78. The number of carbonyl (C=O) groups excluding carboxylic acids is 1. The van der Waals surface area contributed by atoms with E-state index in [1.165, 1.54) is 13.2 Å². The van der Waals surface area contributed by atoms with Gasteiger partial charge in [-0.1, -0.05) is 61.4 Å². The average Bonchev–Trinajstić information content (AvgIpc) is 3.23. The monoisotopic (exact) mass is 592 g/mol. The molecule has 192 valence electrons. The number of unbranched alkanes of at least 4 members (excludes halogenated alkanes) is 1. The van der Waals surface area contributed by atoms with E-state index in [1.54, 1.807) is 6.08 Å². The zero-order valence-electron chi connectivity index (χ0n) is 19.8. The summed E-state index contributed by atoms with van der Waals surface area (Å²) in [5.41, 5.74) is -2.24. The first-order valence-corrected chi connectivity index (χ1v) is 13.1. The molecule has 0 aromatic carbocycles. The number of halogens is 5. The lowest BCUT2D eigenvalue weighted by molar-refractivity contribution is -0.244. The molecule has 1 saturated heterocycles. The number of carbonyl (C=O) groups is 1. The van der Waals surface area contributed by atoms with Gasteiger partial charge < -0.3 is 14.6 Å². The topological polar surface area (TPSA) is 55.8 Å². The van der Waals surface area contributed by atoms with Crippen LogP contribution >= 0.6 is 22.6 Å². The van der Waals surface area contributed by atoms with Crippen molar-refractivity contribution >= 4 is 28.6 Å². The van der Waals surface area contributed by atoms with Crippen LogP contribution in [-0.2, 0) is 14.3 Å². The molecule has 2 aliphatic rings. The summed E-state index contributed by atoms with van der Waals surface area (Å²) in [5.74, 6) is -1.00. The van der Waals surface area contributed by atoms with Gasteiger partial charge in [0.25, 0.3) is 0 Å². The van der Waals surface area contributed by atoms with Gasteiger partial charge in [-0.3, -0.25) is 4.79 Å². The van der Waals surface area contributed by atoms with Crippen molar-refractivity contribution in [3.05, 3.63) is 12.2 Å². The van der Waals surface area contributed by atoms with Crippen LogP contribution in [0.25, 0.3) is 0 Å². The summed E-state index contributed by atoms with van der Waals surface area (Å²) in [6, 6.07) is 0. The number of hydrogen-bond donors (Lipinski definition) is 1. The number of aliphatic hydroxyl groups is 1. The highest BCUT2D eigenvalue weighted by Gasteiger charge is 2.56. The van der Waals surface area contributed by atoms with E-state index in [2.05, 4.69) is 27.3 Å². The normalized spacial score (nSPS) is 33.6. The lowest BCUT2D eigenvalue weighted by Gasteiger charge is -2.35. The molecule has 0 aromatic rings. The third-order valence-electron chi connectivity index (χ3n) is 7.46. The maximum atomic E-state index is 15.5. The van der Waals surface area contributed by atoms with Crippen LogP contribution in [-0.4, -0.2) is 52.8 Å². The quantitative estimate of drug-likeness (QED) is 0.102. The molecule has 1 aliphatic heterocycles. The zero-order chi connectivity index (χ0) is 25.0. The summed E-state index contributed by atoms with van der Waals surface area (Å²) in [6.45, 7) is 4.82. The molecule has 0 amide bonds. The van der Waals surface area contributed by atoms with Crippen LogP contribution in [0.5, 0.6) is 0 Å². The van der Waals surface area contributed by atoms with Gasteiger partial charge in [-0.2, -0.15) is 13.2 Å². The van der Waals surface area contributed by atoms with Gasteiger partial charge in [0.1, 0.15) is 12.3 Å². The van der Waals surface area contributed by atoms with E-state index >= 15 is 4.39 Å². The number of rotatable bonds is 11. The van der Waals surface area contributed by atoms with Crippen LogP contribution in [0.1, 0.15) is 65.7 Å². The molecule has 1 heterocycles. The lowest BCUT2D eigenvalue weighted by atomic mass is 9.77. The van der Waals surface area contributed by atoms with Crippen LogP contribution < -0.4 is 0 Å². The van der Waals surface area contributed by atoms with Crippen molar-refractivity contribution < 1.29 is 36.9 Å². The minimum Gasteiger partial charge on any atom is -0.469 e. The van der Waals surface area contributed by atoms with E-state index in [0.29, 0.717) is 32.1 Å². The van der Waals surface area contributed by atoms with Crippen molar-refractivity contribution in [3.63, 3.8) is 0 Å². The molecule has 0 spiro atoms. The molecule has 1 saturated carbocycles. The fraction of sp³-hybridized carbons (Fsp3) is 0.875. The first-order chi connectivity index (χ1) is 15.4. The molecule has 1 N–H and O–H groups in total. The van der Waals surface area contributed by atoms with Gasteiger partial charge in [0, 0.05) is 16.3 Å². The van der Waals surface area contributed by atoms with Crippen molar-refractivity contribution in [2.45, 2.75) is 100 Å². The van der Waals surface area contributed by atoms with E-state index in [0.717, 1.165) is 6.92 Å². The van der Waals surface area contributed by atoms with E-state index in [4.69, 9.17) is 4.74 Å². The number of aliphatic hydroxyl groups excluding tert-OH is 1. The second kappa shape index (κ2) is 12.0. The summed E-state index contributed by atoms with van der Waals surface area (Å²) >= 11 is 2.15. The third kappa shape index (κ3) is 6.63. The van der Waals surface area contributed by atoms with Crippen molar-refractivity contribution in [1.82, 2.24) is 0 Å². The van der Waals surface area contributed by atoms with Gasteiger partial charge in [-0.15, -0.1) is 0 Å². The van der Waals surface area contributed by atoms with E-state index in [1.807, 2.05) is 13.8 Å². The number of fused-ring (bicyclic) bond motifs is 1. The van der Waals surface area contributed by atoms with Gasteiger partial charge in [-0.25, -0.2) is 4.39 Å². The molecule has 2 rings (SSSR count). The van der Waals surface area contributed by atoms with Crippen LogP contribution in [0.3, 0.4) is 0 Å². The van der Waals surface area contributed by atoms with E-state index < -0.39 is 35.9 Å². The predicted molar refractivity (Wildman–Crippen MR) is 127 cm³/mol. The molecule has 0 radical (unpaired) electrons.